The van der Waals surface area contributed by atoms with Crippen LogP contribution >= 0.6 is 0 Å². The number of nitrogens with one attached hydrogen (secondary N) is 1. The largest absolute Gasteiger partial charge is 0.378 e. The van der Waals surface area contributed by atoms with E-state index in [1.807, 2.05) is 19.3 Å². The lowest BCUT2D eigenvalue weighted by Crippen LogP contribution is -2.55. The van der Waals surface area contributed by atoms with Crippen LogP contribution in [0.25, 0.3) is 5.69 Å². The van der Waals surface area contributed by atoms with Gasteiger partial charge in [-0.15, -0.1) is 0 Å². The second kappa shape index (κ2) is 6.65. The predicted octanol–water partition coefficient (Wildman–Crippen LogP) is 4.69. The summed E-state index contributed by atoms with van der Waals surface area (Å²) < 4.78 is 16.1. The fourth-order valence-electron chi connectivity index (χ4n) is 6.91. The van der Waals surface area contributed by atoms with Crippen molar-refractivity contribution in [1.82, 2.24) is 14.5 Å². The molecule has 2 aliphatic carbocycles. The van der Waals surface area contributed by atoms with Gasteiger partial charge in [0.1, 0.15) is 5.82 Å². The quantitative estimate of drug-likeness (QED) is 0.605. The van der Waals surface area contributed by atoms with Gasteiger partial charge in [-0.05, 0) is 91.8 Å². The van der Waals surface area contributed by atoms with Crippen LogP contribution in [0.1, 0.15) is 47.2 Å². The van der Waals surface area contributed by atoms with Crippen LogP contribution in [-0.4, -0.2) is 33.4 Å². The highest BCUT2D eigenvalue weighted by atomic mass is 19.1. The number of hydrogen-bond donors (Lipinski definition) is 1. The first-order valence-corrected chi connectivity index (χ1v) is 12.8. The third-order valence-electron chi connectivity index (χ3n) is 9.00. The first kappa shape index (κ1) is 19.9. The molecular weight excluding hydrogens is 441 g/mol. The molecule has 8 rings (SSSR count). The van der Waals surface area contributed by atoms with Crippen molar-refractivity contribution in [3.8, 4) is 5.69 Å². The van der Waals surface area contributed by atoms with Gasteiger partial charge in [0.2, 0.25) is 0 Å². The van der Waals surface area contributed by atoms with Crippen molar-refractivity contribution in [3.05, 3.63) is 76.6 Å². The molecule has 2 spiro atoms. The van der Waals surface area contributed by atoms with Gasteiger partial charge in [0.15, 0.2) is 5.84 Å². The first-order chi connectivity index (χ1) is 17.0. The zero-order chi connectivity index (χ0) is 23.4. The van der Waals surface area contributed by atoms with E-state index >= 15 is 0 Å². The van der Waals surface area contributed by atoms with E-state index < -0.39 is 5.72 Å². The highest BCUT2D eigenvalue weighted by Crippen LogP contribution is 2.58. The number of aromatic nitrogens is 2. The van der Waals surface area contributed by atoms with E-state index in [0.717, 1.165) is 48.6 Å². The highest BCUT2D eigenvalue weighted by Gasteiger charge is 2.61. The molecule has 1 N–H and O–H groups in total. The summed E-state index contributed by atoms with van der Waals surface area (Å²) in [6, 6.07) is 9.56. The summed E-state index contributed by atoms with van der Waals surface area (Å²) in [7, 11) is 0. The lowest BCUT2D eigenvalue weighted by molar-refractivity contribution is -0.0983. The lowest BCUT2D eigenvalue weighted by atomic mass is 9.76. The molecule has 1 saturated carbocycles. The van der Waals surface area contributed by atoms with Gasteiger partial charge < -0.3 is 19.6 Å². The van der Waals surface area contributed by atoms with Crippen molar-refractivity contribution >= 4 is 11.5 Å². The minimum Gasteiger partial charge on any atom is -0.378 e. The van der Waals surface area contributed by atoms with Gasteiger partial charge in [-0.3, -0.25) is 0 Å². The Morgan fingerprint density at radius 1 is 1.17 bits per heavy atom. The Hall–Kier alpha value is -3.35. The fraction of sp³-hybridized carbons (Fsp3) is 0.429. The maximum atomic E-state index is 13.9. The van der Waals surface area contributed by atoms with E-state index in [9.17, 15) is 4.39 Å². The molecule has 1 saturated heterocycles. The summed E-state index contributed by atoms with van der Waals surface area (Å²) >= 11 is 0. The van der Waals surface area contributed by atoms with E-state index in [1.165, 1.54) is 47.7 Å². The summed E-state index contributed by atoms with van der Waals surface area (Å²) in [5.74, 6) is 1.18. The molecule has 178 valence electrons. The van der Waals surface area contributed by atoms with Crippen molar-refractivity contribution in [2.24, 2.45) is 16.5 Å². The predicted molar refractivity (Wildman–Crippen MR) is 131 cm³/mol. The van der Waals surface area contributed by atoms with Crippen molar-refractivity contribution in [1.29, 1.82) is 0 Å². The number of oxime groups is 1. The molecule has 5 aliphatic rings. The Kier molecular flexibility index (Phi) is 3.78. The van der Waals surface area contributed by atoms with Crippen LogP contribution < -0.4 is 5.32 Å². The third kappa shape index (κ3) is 2.75. The van der Waals surface area contributed by atoms with Gasteiger partial charge in [0.05, 0.1) is 18.6 Å². The zero-order valence-electron chi connectivity index (χ0n) is 19.9. The Labute approximate surface area is 203 Å². The number of aryl methyl sites for hydroxylation is 1. The van der Waals surface area contributed by atoms with Gasteiger partial charge in [-0.25, -0.2) is 9.37 Å². The maximum Gasteiger partial charge on any atom is 0.256 e. The van der Waals surface area contributed by atoms with Crippen LogP contribution in [0.3, 0.4) is 0 Å². The molecule has 3 aliphatic heterocycles. The van der Waals surface area contributed by atoms with Crippen molar-refractivity contribution in [2.45, 2.75) is 51.2 Å². The van der Waals surface area contributed by atoms with Crippen molar-refractivity contribution < 1.29 is 9.23 Å². The van der Waals surface area contributed by atoms with E-state index in [-0.39, 0.29) is 5.82 Å². The topological polar surface area (TPSA) is 54.7 Å². The summed E-state index contributed by atoms with van der Waals surface area (Å²) in [5, 5.41) is 8.10. The van der Waals surface area contributed by atoms with Gasteiger partial charge >= 0.3 is 0 Å². The third-order valence-corrected chi connectivity index (χ3v) is 9.00. The normalized spacial score (nSPS) is 26.5. The number of anilines is 1. The summed E-state index contributed by atoms with van der Waals surface area (Å²) in [6.45, 7) is 3.60. The molecule has 2 atom stereocenters. The molecular formula is C28H28FN5O. The smallest absolute Gasteiger partial charge is 0.256 e. The second-order valence-electron chi connectivity index (χ2n) is 11.2. The average Bonchev–Trinajstić information content (AvgIpc) is 3.14. The average molecular weight is 470 g/mol. The second-order valence-corrected chi connectivity index (χ2v) is 11.2. The lowest BCUT2D eigenvalue weighted by Gasteiger charge is -2.43. The number of nitrogens with zero attached hydrogens (tertiary/aromatic N) is 4. The van der Waals surface area contributed by atoms with Gasteiger partial charge in [-0.1, -0.05) is 11.2 Å². The van der Waals surface area contributed by atoms with Crippen LogP contribution in [0, 0.1) is 24.1 Å². The van der Waals surface area contributed by atoms with Crippen molar-refractivity contribution in [3.63, 3.8) is 0 Å². The van der Waals surface area contributed by atoms with Crippen molar-refractivity contribution in [2.75, 3.05) is 18.4 Å². The minimum atomic E-state index is -0.652. The van der Waals surface area contributed by atoms with Crippen LogP contribution in [0.2, 0.25) is 0 Å². The molecule has 0 radical (unpaired) electrons. The Morgan fingerprint density at radius 2 is 2.06 bits per heavy atom. The number of rotatable bonds is 3. The van der Waals surface area contributed by atoms with Crippen LogP contribution in [0.4, 0.5) is 10.1 Å². The summed E-state index contributed by atoms with van der Waals surface area (Å²) in [6.07, 6.45) is 11.0. The number of benzene rings is 2. The van der Waals surface area contributed by atoms with E-state index in [2.05, 4.69) is 38.1 Å². The monoisotopic (exact) mass is 469 g/mol. The molecule has 0 bridgehead atoms. The minimum absolute atomic E-state index is 0.227. The van der Waals surface area contributed by atoms with Crippen LogP contribution in [-0.2, 0) is 29.8 Å². The van der Waals surface area contributed by atoms with E-state index in [0.29, 0.717) is 17.9 Å². The molecule has 3 aromatic rings. The summed E-state index contributed by atoms with van der Waals surface area (Å²) in [4.78, 5) is 13.1. The van der Waals surface area contributed by atoms with Crippen LogP contribution in [0.15, 0.2) is 48.0 Å². The summed E-state index contributed by atoms with van der Waals surface area (Å²) in [5.41, 5.74) is 8.25. The molecule has 4 heterocycles. The standard InChI is InChI=1S/C28H28FN5O/c1-17-13-33(16-31-17)25-7-2-18(21-4-5-22(21)25)10-19-12-27(8-9-27)15-34-26(19)32-35-28(34)14-30-24-11-20(29)3-6-23(24)28/h2-3,6-7,11,13,16,19,30H,4-5,8-10,12,14-15H2,1H3. The maximum absolute atomic E-state index is 13.9. The first-order valence-electron chi connectivity index (χ1n) is 12.8. The number of fused-ring (bicyclic) bond motifs is 5. The molecule has 1 aromatic heterocycles. The molecule has 2 aromatic carbocycles. The number of piperidine rings is 1. The van der Waals surface area contributed by atoms with E-state index in [1.54, 1.807) is 6.07 Å². The fourth-order valence-corrected chi connectivity index (χ4v) is 6.91. The molecule has 7 heteroatoms. The van der Waals surface area contributed by atoms with Gasteiger partial charge in [0, 0.05) is 35.6 Å². The van der Waals surface area contributed by atoms with Gasteiger partial charge in [0.25, 0.3) is 5.72 Å². The number of halogens is 1. The SMILES string of the molecule is Cc1cn(-c2ccc(CC3CC4(CC4)CN4C3=NOC43CNc4cc(F)ccc43)c3c2CC3)cn1. The molecule has 2 unspecified atom stereocenters. The zero-order valence-corrected chi connectivity index (χ0v) is 19.9. The number of hydrogen-bond acceptors (Lipinski definition) is 5. The number of imidazole rings is 1. The highest BCUT2D eigenvalue weighted by molar-refractivity contribution is 5.88. The number of amidine groups is 1. The Bertz CT molecular complexity index is 1420. The van der Waals surface area contributed by atoms with E-state index in [4.69, 9.17) is 9.99 Å². The molecule has 2 fully saturated rings. The Morgan fingerprint density at radius 3 is 2.83 bits per heavy atom. The molecule has 6 nitrogen and oxygen atoms in total. The van der Waals surface area contributed by atoms with Gasteiger partial charge in [-0.2, -0.15) is 0 Å². The molecule has 35 heavy (non-hydrogen) atoms. The van der Waals surface area contributed by atoms with Crippen LogP contribution in [0.5, 0.6) is 0 Å². The Balaban J connectivity index is 1.13. The molecule has 0 amide bonds.